The third kappa shape index (κ3) is 7.35. The molecule has 2 heterocycles. The summed E-state index contributed by atoms with van der Waals surface area (Å²) >= 11 is 0. The van der Waals surface area contributed by atoms with Crippen LogP contribution in [0.2, 0.25) is 0 Å². The molecule has 1 amide bonds. The number of aryl methyl sites for hydroxylation is 2. The van der Waals surface area contributed by atoms with Crippen molar-refractivity contribution >= 4 is 5.91 Å². The standard InChI is InChI=1S/C11H16N2O2.C9H10O/c1-11(2,15)13-10(14)7-6-9-5-3-4-8-12-9;1-2-6-9-8(4-1)5-3-7-10-9/h3-5,8,15H,6-7H2,1-2H3,(H,13,14);1-2,4,6H,3,5,7H2. The molecule has 0 spiro atoms. The van der Waals surface area contributed by atoms with E-state index in [-0.39, 0.29) is 5.91 Å². The van der Waals surface area contributed by atoms with Crippen molar-refractivity contribution < 1.29 is 14.6 Å². The zero-order valence-electron chi connectivity index (χ0n) is 14.9. The van der Waals surface area contributed by atoms with Crippen molar-refractivity contribution in [1.82, 2.24) is 10.3 Å². The second kappa shape index (κ2) is 9.18. The molecule has 0 atom stereocenters. The number of rotatable bonds is 4. The average molecular weight is 342 g/mol. The van der Waals surface area contributed by atoms with Crippen molar-refractivity contribution in [3.63, 3.8) is 0 Å². The minimum absolute atomic E-state index is 0.173. The van der Waals surface area contributed by atoms with Gasteiger partial charge in [-0.3, -0.25) is 9.78 Å². The summed E-state index contributed by atoms with van der Waals surface area (Å²) in [6, 6.07) is 13.8. The van der Waals surface area contributed by atoms with Crippen molar-refractivity contribution in [3.05, 3.63) is 59.9 Å². The first-order valence-corrected chi connectivity index (χ1v) is 8.58. The molecule has 1 aliphatic heterocycles. The van der Waals surface area contributed by atoms with E-state index in [1.807, 2.05) is 30.3 Å². The van der Waals surface area contributed by atoms with Crippen molar-refractivity contribution in [2.45, 2.75) is 45.3 Å². The van der Waals surface area contributed by atoms with Gasteiger partial charge in [0.25, 0.3) is 0 Å². The number of fused-ring (bicyclic) bond motifs is 1. The highest BCUT2D eigenvalue weighted by Crippen LogP contribution is 2.23. The number of ether oxygens (including phenoxy) is 1. The van der Waals surface area contributed by atoms with Crippen LogP contribution in [0.25, 0.3) is 0 Å². The Morgan fingerprint density at radius 1 is 1.24 bits per heavy atom. The molecule has 0 saturated carbocycles. The molecule has 0 bridgehead atoms. The van der Waals surface area contributed by atoms with Crippen LogP contribution in [0, 0.1) is 0 Å². The Balaban J connectivity index is 0.000000194. The first kappa shape index (κ1) is 18.9. The summed E-state index contributed by atoms with van der Waals surface area (Å²) in [5.41, 5.74) is 1.08. The maximum absolute atomic E-state index is 11.3. The molecule has 2 aromatic rings. The number of nitrogens with one attached hydrogen (secondary N) is 1. The van der Waals surface area contributed by atoms with Gasteiger partial charge in [0.05, 0.1) is 6.61 Å². The van der Waals surface area contributed by atoms with E-state index in [1.165, 1.54) is 25.8 Å². The van der Waals surface area contributed by atoms with Crippen molar-refractivity contribution in [2.75, 3.05) is 6.61 Å². The normalized spacial score (nSPS) is 12.9. The van der Waals surface area contributed by atoms with E-state index in [4.69, 9.17) is 4.74 Å². The predicted octanol–water partition coefficient (Wildman–Crippen LogP) is 2.87. The molecule has 0 fully saturated rings. The maximum atomic E-state index is 11.3. The molecule has 0 aliphatic carbocycles. The number of pyridine rings is 1. The zero-order valence-corrected chi connectivity index (χ0v) is 14.9. The Kier molecular flexibility index (Phi) is 6.95. The number of nitrogens with zero attached hydrogens (tertiary/aromatic N) is 1. The van der Waals surface area contributed by atoms with Crippen LogP contribution in [0.15, 0.2) is 48.7 Å². The van der Waals surface area contributed by atoms with Gasteiger partial charge in [-0.25, -0.2) is 0 Å². The summed E-state index contributed by atoms with van der Waals surface area (Å²) in [5.74, 6) is 0.905. The van der Waals surface area contributed by atoms with E-state index in [0.29, 0.717) is 12.8 Å². The summed E-state index contributed by atoms with van der Waals surface area (Å²) in [6.45, 7) is 3.95. The SMILES string of the molecule is CC(C)(O)NC(=O)CCc1ccccn1.c1ccc2c(c1)CCCO2. The van der Waals surface area contributed by atoms with Crippen LogP contribution in [0.5, 0.6) is 5.75 Å². The third-order valence-electron chi connectivity index (χ3n) is 3.60. The fraction of sp³-hybridized carbons (Fsp3) is 0.400. The maximum Gasteiger partial charge on any atom is 0.222 e. The van der Waals surface area contributed by atoms with Gasteiger partial charge in [-0.05, 0) is 56.9 Å². The Bertz CT molecular complexity index is 641. The number of para-hydroxylation sites is 1. The second-order valence-electron chi connectivity index (χ2n) is 6.49. The zero-order chi connectivity index (χ0) is 18.1. The fourth-order valence-corrected chi connectivity index (χ4v) is 2.49. The molecule has 1 aromatic carbocycles. The molecule has 5 heteroatoms. The number of aliphatic hydroxyl groups is 1. The summed E-state index contributed by atoms with van der Waals surface area (Å²) in [5, 5.41) is 11.8. The number of carbonyl (C=O) groups excluding carboxylic acids is 1. The monoisotopic (exact) mass is 342 g/mol. The van der Waals surface area contributed by atoms with Crippen LogP contribution in [0.3, 0.4) is 0 Å². The van der Waals surface area contributed by atoms with Crippen molar-refractivity contribution in [3.8, 4) is 5.75 Å². The summed E-state index contributed by atoms with van der Waals surface area (Å²) < 4.78 is 5.42. The van der Waals surface area contributed by atoms with E-state index in [0.717, 1.165) is 24.5 Å². The molecule has 134 valence electrons. The van der Waals surface area contributed by atoms with Gasteiger partial charge in [-0.2, -0.15) is 0 Å². The van der Waals surface area contributed by atoms with Gasteiger partial charge in [0.15, 0.2) is 0 Å². The van der Waals surface area contributed by atoms with Gasteiger partial charge in [0.2, 0.25) is 5.91 Å². The molecule has 1 aromatic heterocycles. The highest BCUT2D eigenvalue weighted by molar-refractivity contribution is 5.76. The summed E-state index contributed by atoms with van der Waals surface area (Å²) in [4.78, 5) is 15.4. The lowest BCUT2D eigenvalue weighted by atomic mass is 10.1. The quantitative estimate of drug-likeness (QED) is 0.838. The molecular weight excluding hydrogens is 316 g/mol. The van der Waals surface area contributed by atoms with Crippen LogP contribution in [-0.2, 0) is 17.6 Å². The topological polar surface area (TPSA) is 71.5 Å². The summed E-state index contributed by atoms with van der Waals surface area (Å²) in [6.07, 6.45) is 4.96. The van der Waals surface area contributed by atoms with Gasteiger partial charge in [0.1, 0.15) is 11.5 Å². The molecule has 3 rings (SSSR count). The van der Waals surface area contributed by atoms with E-state index in [2.05, 4.69) is 22.4 Å². The number of amides is 1. The van der Waals surface area contributed by atoms with E-state index in [9.17, 15) is 9.90 Å². The number of carbonyl (C=O) groups is 1. The van der Waals surface area contributed by atoms with Crippen LogP contribution in [-0.4, -0.2) is 28.3 Å². The van der Waals surface area contributed by atoms with E-state index >= 15 is 0 Å². The average Bonchev–Trinajstić information content (AvgIpc) is 2.60. The Morgan fingerprint density at radius 3 is 2.68 bits per heavy atom. The third-order valence-corrected chi connectivity index (χ3v) is 3.60. The first-order valence-electron chi connectivity index (χ1n) is 8.58. The van der Waals surface area contributed by atoms with Crippen LogP contribution < -0.4 is 10.1 Å². The van der Waals surface area contributed by atoms with Crippen molar-refractivity contribution in [1.29, 1.82) is 0 Å². The Morgan fingerprint density at radius 2 is 2.00 bits per heavy atom. The highest BCUT2D eigenvalue weighted by atomic mass is 16.5. The van der Waals surface area contributed by atoms with Crippen LogP contribution >= 0.6 is 0 Å². The smallest absolute Gasteiger partial charge is 0.222 e. The minimum Gasteiger partial charge on any atom is -0.493 e. The first-order chi connectivity index (χ1) is 11.9. The molecular formula is C20H26N2O3. The second-order valence-corrected chi connectivity index (χ2v) is 6.49. The molecule has 0 unspecified atom stereocenters. The predicted molar refractivity (Wildman–Crippen MR) is 97.3 cm³/mol. The number of hydrogen-bond donors (Lipinski definition) is 2. The molecule has 5 nitrogen and oxygen atoms in total. The molecule has 2 N–H and O–H groups in total. The summed E-state index contributed by atoms with van der Waals surface area (Å²) in [7, 11) is 0. The molecule has 0 saturated heterocycles. The van der Waals surface area contributed by atoms with E-state index in [1.54, 1.807) is 6.20 Å². The fourth-order valence-electron chi connectivity index (χ4n) is 2.49. The number of aromatic nitrogens is 1. The van der Waals surface area contributed by atoms with Crippen LogP contribution in [0.4, 0.5) is 0 Å². The van der Waals surface area contributed by atoms with Gasteiger partial charge >= 0.3 is 0 Å². The molecule has 25 heavy (non-hydrogen) atoms. The lowest BCUT2D eigenvalue weighted by molar-refractivity contribution is -0.126. The van der Waals surface area contributed by atoms with Gasteiger partial charge in [-0.1, -0.05) is 24.3 Å². The van der Waals surface area contributed by atoms with Gasteiger partial charge in [-0.15, -0.1) is 0 Å². The molecule has 1 aliphatic rings. The Hall–Kier alpha value is -2.40. The lowest BCUT2D eigenvalue weighted by Crippen LogP contribution is -2.43. The number of hydrogen-bond acceptors (Lipinski definition) is 4. The van der Waals surface area contributed by atoms with Crippen LogP contribution in [0.1, 0.15) is 37.9 Å². The highest BCUT2D eigenvalue weighted by Gasteiger charge is 2.15. The van der Waals surface area contributed by atoms with Crippen molar-refractivity contribution in [2.24, 2.45) is 0 Å². The largest absolute Gasteiger partial charge is 0.493 e. The van der Waals surface area contributed by atoms with E-state index < -0.39 is 5.72 Å². The molecule has 0 radical (unpaired) electrons. The minimum atomic E-state index is -1.15. The Labute approximate surface area is 149 Å². The lowest BCUT2D eigenvalue weighted by Gasteiger charge is -2.18. The number of benzene rings is 1. The van der Waals surface area contributed by atoms with Gasteiger partial charge in [0, 0.05) is 18.3 Å². The van der Waals surface area contributed by atoms with Gasteiger partial charge < -0.3 is 15.2 Å².